The van der Waals surface area contributed by atoms with Crippen LogP contribution in [-0.4, -0.2) is 53.5 Å². The van der Waals surface area contributed by atoms with Crippen LogP contribution < -0.4 is 0 Å². The van der Waals surface area contributed by atoms with Gasteiger partial charge in [0.05, 0.1) is 18.1 Å². The molecule has 0 aromatic rings. The zero-order chi connectivity index (χ0) is 17.8. The van der Waals surface area contributed by atoms with Gasteiger partial charge < -0.3 is 14.6 Å². The van der Waals surface area contributed by atoms with Crippen LogP contribution in [0.2, 0.25) is 0 Å². The Hall–Kier alpha value is -1.30. The predicted octanol–water partition coefficient (Wildman–Crippen LogP) is 3.15. The number of aliphatic carboxylic acids is 1. The first-order valence-corrected chi connectivity index (χ1v) is 8.23. The molecular formula is C17H31NO5. The minimum Gasteiger partial charge on any atom is -0.481 e. The minimum atomic E-state index is -0.874. The smallest absolute Gasteiger partial charge is 0.410 e. The molecule has 0 aliphatic carbocycles. The lowest BCUT2D eigenvalue weighted by atomic mass is 9.86. The molecule has 0 unspecified atom stereocenters. The molecule has 1 amide bonds. The summed E-state index contributed by atoms with van der Waals surface area (Å²) in [6.07, 6.45) is 1.56. The molecule has 1 aliphatic heterocycles. The van der Waals surface area contributed by atoms with Gasteiger partial charge in [0.2, 0.25) is 0 Å². The van der Waals surface area contributed by atoms with E-state index >= 15 is 0 Å². The number of ether oxygens (including phenoxy) is 2. The first-order chi connectivity index (χ1) is 10.5. The fourth-order valence-electron chi connectivity index (χ4n) is 3.07. The monoisotopic (exact) mass is 329 g/mol. The molecule has 0 aromatic heterocycles. The zero-order valence-electron chi connectivity index (χ0n) is 15.2. The van der Waals surface area contributed by atoms with Gasteiger partial charge in [-0.05, 0) is 46.0 Å². The van der Waals surface area contributed by atoms with Gasteiger partial charge in [0.1, 0.15) is 5.60 Å². The molecule has 2 atom stereocenters. The second-order valence-corrected chi connectivity index (χ2v) is 7.92. The molecule has 0 spiro atoms. The molecule has 1 rings (SSSR count). The van der Waals surface area contributed by atoms with Crippen LogP contribution in [0.4, 0.5) is 4.79 Å². The standard InChI is InChI=1S/C17H31NO5/c1-12(2)7-8-17(11-22-6)9-13(14(19)20)10-18(17)15(21)23-16(3,4)5/h12-13H,7-11H2,1-6H3,(H,19,20)/t13-,17-/m0/s1. The quantitative estimate of drug-likeness (QED) is 0.810. The van der Waals surface area contributed by atoms with E-state index in [0.29, 0.717) is 25.4 Å². The summed E-state index contributed by atoms with van der Waals surface area (Å²) in [5.74, 6) is -0.987. The number of hydrogen-bond donors (Lipinski definition) is 1. The van der Waals surface area contributed by atoms with Crippen molar-refractivity contribution in [3.63, 3.8) is 0 Å². The summed E-state index contributed by atoms with van der Waals surface area (Å²) in [6, 6.07) is 0. The van der Waals surface area contributed by atoms with Gasteiger partial charge >= 0.3 is 12.1 Å². The number of carboxylic acids is 1. The van der Waals surface area contributed by atoms with Gasteiger partial charge in [-0.25, -0.2) is 4.79 Å². The molecule has 134 valence electrons. The summed E-state index contributed by atoms with van der Waals surface area (Å²) < 4.78 is 10.9. The number of nitrogens with zero attached hydrogens (tertiary/aromatic N) is 1. The molecule has 0 saturated carbocycles. The van der Waals surface area contributed by atoms with E-state index in [4.69, 9.17) is 9.47 Å². The van der Waals surface area contributed by atoms with E-state index in [0.717, 1.165) is 6.42 Å². The van der Waals surface area contributed by atoms with E-state index in [1.807, 2.05) is 20.8 Å². The zero-order valence-corrected chi connectivity index (χ0v) is 15.2. The Bertz CT molecular complexity index is 429. The van der Waals surface area contributed by atoms with Gasteiger partial charge in [-0.15, -0.1) is 0 Å². The number of rotatable bonds is 6. The number of carboxylic acid groups (broad SMARTS) is 1. The van der Waals surface area contributed by atoms with Crippen LogP contribution in [0.1, 0.15) is 53.9 Å². The Morgan fingerprint density at radius 2 is 1.96 bits per heavy atom. The van der Waals surface area contributed by atoms with Crippen molar-refractivity contribution in [3.05, 3.63) is 0 Å². The first-order valence-electron chi connectivity index (χ1n) is 8.23. The maximum absolute atomic E-state index is 12.6. The Morgan fingerprint density at radius 3 is 2.39 bits per heavy atom. The van der Waals surface area contributed by atoms with Crippen molar-refractivity contribution in [2.24, 2.45) is 11.8 Å². The van der Waals surface area contributed by atoms with E-state index in [1.54, 1.807) is 12.0 Å². The van der Waals surface area contributed by atoms with Crippen LogP contribution in [-0.2, 0) is 14.3 Å². The number of amides is 1. The highest BCUT2D eigenvalue weighted by molar-refractivity contribution is 5.75. The number of hydrogen-bond acceptors (Lipinski definition) is 4. The van der Waals surface area contributed by atoms with Gasteiger partial charge in [0.15, 0.2) is 0 Å². The lowest BCUT2D eigenvalue weighted by molar-refractivity contribution is -0.141. The van der Waals surface area contributed by atoms with E-state index in [-0.39, 0.29) is 6.54 Å². The molecular weight excluding hydrogens is 298 g/mol. The summed E-state index contributed by atoms with van der Waals surface area (Å²) in [6.45, 7) is 10.1. The highest BCUT2D eigenvalue weighted by Gasteiger charge is 2.51. The molecule has 1 N–H and O–H groups in total. The summed E-state index contributed by atoms with van der Waals surface area (Å²) in [7, 11) is 1.58. The lowest BCUT2D eigenvalue weighted by Crippen LogP contribution is -2.52. The Kier molecular flexibility index (Phi) is 6.45. The lowest BCUT2D eigenvalue weighted by Gasteiger charge is -2.39. The van der Waals surface area contributed by atoms with Crippen LogP contribution in [0, 0.1) is 11.8 Å². The summed E-state index contributed by atoms with van der Waals surface area (Å²) in [5.41, 5.74) is -1.22. The highest BCUT2D eigenvalue weighted by atomic mass is 16.6. The van der Waals surface area contributed by atoms with Crippen molar-refractivity contribution >= 4 is 12.1 Å². The normalized spacial score (nSPS) is 25.0. The van der Waals surface area contributed by atoms with Crippen molar-refractivity contribution < 1.29 is 24.2 Å². The summed E-state index contributed by atoms with van der Waals surface area (Å²) in [5, 5.41) is 9.40. The third kappa shape index (κ3) is 5.37. The van der Waals surface area contributed by atoms with Crippen molar-refractivity contribution in [2.45, 2.75) is 65.0 Å². The molecule has 1 heterocycles. The summed E-state index contributed by atoms with van der Waals surface area (Å²) >= 11 is 0. The van der Waals surface area contributed by atoms with Crippen LogP contribution in [0.25, 0.3) is 0 Å². The fourth-order valence-corrected chi connectivity index (χ4v) is 3.07. The third-order valence-corrected chi connectivity index (χ3v) is 4.17. The fraction of sp³-hybridized carbons (Fsp3) is 0.882. The van der Waals surface area contributed by atoms with E-state index in [9.17, 15) is 14.7 Å². The van der Waals surface area contributed by atoms with Crippen molar-refractivity contribution in [3.8, 4) is 0 Å². The second-order valence-electron chi connectivity index (χ2n) is 7.92. The molecule has 6 nitrogen and oxygen atoms in total. The SMILES string of the molecule is COC[C@]1(CCC(C)C)C[C@H](C(=O)O)CN1C(=O)OC(C)(C)C. The molecule has 6 heteroatoms. The predicted molar refractivity (Wildman–Crippen MR) is 87.4 cm³/mol. The van der Waals surface area contributed by atoms with E-state index in [1.165, 1.54) is 0 Å². The van der Waals surface area contributed by atoms with Gasteiger partial charge in [0, 0.05) is 13.7 Å². The number of carbonyl (C=O) groups excluding carboxylic acids is 1. The minimum absolute atomic E-state index is 0.172. The van der Waals surface area contributed by atoms with Crippen molar-refractivity contribution in [2.75, 3.05) is 20.3 Å². The van der Waals surface area contributed by atoms with Crippen LogP contribution in [0.3, 0.4) is 0 Å². The Balaban J connectivity index is 3.07. The first kappa shape index (κ1) is 19.7. The number of carbonyl (C=O) groups is 2. The van der Waals surface area contributed by atoms with Crippen LogP contribution in [0.15, 0.2) is 0 Å². The largest absolute Gasteiger partial charge is 0.481 e. The average molecular weight is 329 g/mol. The second kappa shape index (κ2) is 7.51. The van der Waals surface area contributed by atoms with Crippen LogP contribution in [0.5, 0.6) is 0 Å². The molecule has 1 fully saturated rings. The topological polar surface area (TPSA) is 76.1 Å². The van der Waals surface area contributed by atoms with Crippen molar-refractivity contribution in [1.29, 1.82) is 0 Å². The summed E-state index contributed by atoms with van der Waals surface area (Å²) in [4.78, 5) is 25.7. The van der Waals surface area contributed by atoms with Crippen LogP contribution >= 0.6 is 0 Å². The molecule has 0 radical (unpaired) electrons. The Labute approximate surface area is 139 Å². The van der Waals surface area contributed by atoms with Gasteiger partial charge in [-0.3, -0.25) is 9.69 Å². The molecule has 1 saturated heterocycles. The maximum Gasteiger partial charge on any atom is 0.410 e. The van der Waals surface area contributed by atoms with Gasteiger partial charge in [-0.1, -0.05) is 13.8 Å². The Morgan fingerprint density at radius 1 is 1.35 bits per heavy atom. The van der Waals surface area contributed by atoms with E-state index < -0.39 is 29.1 Å². The number of methoxy groups -OCH3 is 1. The molecule has 1 aliphatic rings. The average Bonchev–Trinajstić information content (AvgIpc) is 2.75. The van der Waals surface area contributed by atoms with Gasteiger partial charge in [0.25, 0.3) is 0 Å². The maximum atomic E-state index is 12.6. The number of likely N-dealkylation sites (tertiary alicyclic amines) is 1. The molecule has 0 aromatic carbocycles. The molecule has 0 bridgehead atoms. The molecule has 23 heavy (non-hydrogen) atoms. The van der Waals surface area contributed by atoms with Gasteiger partial charge in [-0.2, -0.15) is 0 Å². The third-order valence-electron chi connectivity index (χ3n) is 4.17. The highest BCUT2D eigenvalue weighted by Crippen LogP contribution is 2.39. The van der Waals surface area contributed by atoms with Crippen molar-refractivity contribution in [1.82, 2.24) is 4.90 Å². The van der Waals surface area contributed by atoms with E-state index in [2.05, 4.69) is 13.8 Å².